The quantitative estimate of drug-likeness (QED) is 0.768. The lowest BCUT2D eigenvalue weighted by Crippen LogP contribution is -2.20. The van der Waals surface area contributed by atoms with Gasteiger partial charge in [-0.1, -0.05) is 31.5 Å². The van der Waals surface area contributed by atoms with Crippen molar-refractivity contribution in [3.63, 3.8) is 0 Å². The average molecular weight is 279 g/mol. The highest BCUT2D eigenvalue weighted by Crippen LogP contribution is 2.34. The fourth-order valence-electron chi connectivity index (χ4n) is 2.63. The molecule has 0 aliphatic heterocycles. The highest BCUT2D eigenvalue weighted by atomic mass is 16.5. The summed E-state index contributed by atoms with van der Waals surface area (Å²) in [6.45, 7) is 9.92. The second-order valence-corrected chi connectivity index (χ2v) is 5.77. The Morgan fingerprint density at radius 2 is 2.00 bits per heavy atom. The Hall–Kier alpha value is -1.06. The summed E-state index contributed by atoms with van der Waals surface area (Å²) in [5.74, 6) is 1.50. The van der Waals surface area contributed by atoms with Gasteiger partial charge in [0.25, 0.3) is 0 Å². The van der Waals surface area contributed by atoms with Gasteiger partial charge in [0.15, 0.2) is 0 Å². The van der Waals surface area contributed by atoms with E-state index < -0.39 is 0 Å². The van der Waals surface area contributed by atoms with Gasteiger partial charge in [-0.05, 0) is 56.2 Å². The average Bonchev–Trinajstić information content (AvgIpc) is 2.42. The summed E-state index contributed by atoms with van der Waals surface area (Å²) >= 11 is 0. The molecule has 2 atom stereocenters. The molecular formula is C17H29NO2. The molecule has 0 radical (unpaired) electrons. The number of nitrogens with two attached hydrogens (primary N) is 1. The number of hydrogen-bond donors (Lipinski definition) is 2. The highest BCUT2D eigenvalue weighted by Gasteiger charge is 2.18. The van der Waals surface area contributed by atoms with Crippen molar-refractivity contribution in [2.24, 2.45) is 11.7 Å². The molecule has 1 rings (SSSR count). The molecule has 1 aromatic rings. The zero-order valence-electron chi connectivity index (χ0n) is 13.3. The molecule has 0 spiro atoms. The first-order valence-corrected chi connectivity index (χ1v) is 7.58. The standard InChI is InChI=1S/C17H29NO2/c1-5-6-20-17-14(4)7-12(2)8-16(17)13(3)9-15(10-18)11-19/h7-8,13,15,19H,5-6,9-11,18H2,1-4H3. The van der Waals surface area contributed by atoms with Crippen molar-refractivity contribution in [2.75, 3.05) is 19.8 Å². The van der Waals surface area contributed by atoms with Crippen LogP contribution in [-0.2, 0) is 0 Å². The number of rotatable bonds is 8. The molecule has 114 valence electrons. The van der Waals surface area contributed by atoms with Crippen LogP contribution in [0.1, 0.15) is 49.3 Å². The monoisotopic (exact) mass is 279 g/mol. The molecule has 0 saturated carbocycles. The lowest BCUT2D eigenvalue weighted by Gasteiger charge is -2.22. The summed E-state index contributed by atoms with van der Waals surface area (Å²) in [6.07, 6.45) is 1.89. The maximum Gasteiger partial charge on any atom is 0.125 e. The van der Waals surface area contributed by atoms with E-state index in [1.54, 1.807) is 0 Å². The molecule has 3 nitrogen and oxygen atoms in total. The van der Waals surface area contributed by atoms with E-state index in [0.29, 0.717) is 12.5 Å². The Morgan fingerprint density at radius 1 is 1.30 bits per heavy atom. The molecule has 2 unspecified atom stereocenters. The minimum absolute atomic E-state index is 0.150. The first-order valence-electron chi connectivity index (χ1n) is 7.58. The van der Waals surface area contributed by atoms with E-state index in [1.807, 2.05) is 0 Å². The van der Waals surface area contributed by atoms with E-state index in [2.05, 4.69) is 39.8 Å². The van der Waals surface area contributed by atoms with Crippen LogP contribution in [0.5, 0.6) is 5.75 Å². The predicted molar refractivity (Wildman–Crippen MR) is 84.4 cm³/mol. The topological polar surface area (TPSA) is 55.5 Å². The third-order valence-electron chi connectivity index (χ3n) is 3.71. The normalized spacial score (nSPS) is 14.1. The van der Waals surface area contributed by atoms with E-state index in [9.17, 15) is 5.11 Å². The van der Waals surface area contributed by atoms with Crippen LogP contribution in [-0.4, -0.2) is 24.9 Å². The number of hydrogen-bond acceptors (Lipinski definition) is 3. The Bertz CT molecular complexity index is 414. The second kappa shape index (κ2) is 8.28. The lowest BCUT2D eigenvalue weighted by molar-refractivity contribution is 0.216. The van der Waals surface area contributed by atoms with Crippen LogP contribution in [0.15, 0.2) is 12.1 Å². The van der Waals surface area contributed by atoms with Crippen molar-refractivity contribution in [2.45, 2.75) is 46.5 Å². The van der Waals surface area contributed by atoms with Crippen LogP contribution in [0, 0.1) is 19.8 Å². The fourth-order valence-corrected chi connectivity index (χ4v) is 2.63. The van der Waals surface area contributed by atoms with Gasteiger partial charge in [0.05, 0.1) is 6.61 Å². The summed E-state index contributed by atoms with van der Waals surface area (Å²) in [6, 6.07) is 4.36. The predicted octanol–water partition coefficient (Wildman–Crippen LogP) is 3.15. The Morgan fingerprint density at radius 3 is 2.55 bits per heavy atom. The minimum atomic E-state index is 0.150. The van der Waals surface area contributed by atoms with Gasteiger partial charge in [-0.25, -0.2) is 0 Å². The van der Waals surface area contributed by atoms with Gasteiger partial charge in [-0.15, -0.1) is 0 Å². The van der Waals surface area contributed by atoms with Crippen LogP contribution < -0.4 is 10.5 Å². The number of aliphatic hydroxyl groups excluding tert-OH is 1. The van der Waals surface area contributed by atoms with Crippen LogP contribution in [0.2, 0.25) is 0 Å². The number of ether oxygens (including phenoxy) is 1. The molecule has 1 aromatic carbocycles. The highest BCUT2D eigenvalue weighted by molar-refractivity contribution is 5.45. The summed E-state index contributed by atoms with van der Waals surface area (Å²) in [5.41, 5.74) is 9.38. The SMILES string of the molecule is CCCOc1c(C)cc(C)cc1C(C)CC(CN)CO. The number of benzene rings is 1. The molecule has 0 saturated heterocycles. The van der Waals surface area contributed by atoms with Crippen molar-refractivity contribution in [1.29, 1.82) is 0 Å². The summed E-state index contributed by atoms with van der Waals surface area (Å²) in [5, 5.41) is 9.33. The smallest absolute Gasteiger partial charge is 0.125 e. The van der Waals surface area contributed by atoms with Gasteiger partial charge in [-0.2, -0.15) is 0 Å². The largest absolute Gasteiger partial charge is 0.493 e. The zero-order chi connectivity index (χ0) is 15.1. The minimum Gasteiger partial charge on any atom is -0.493 e. The summed E-state index contributed by atoms with van der Waals surface area (Å²) < 4.78 is 5.95. The van der Waals surface area contributed by atoms with Crippen LogP contribution in [0.4, 0.5) is 0 Å². The van der Waals surface area contributed by atoms with Crippen LogP contribution in [0.3, 0.4) is 0 Å². The maximum atomic E-state index is 9.33. The first-order chi connectivity index (χ1) is 9.53. The molecule has 0 aliphatic rings. The molecule has 20 heavy (non-hydrogen) atoms. The van der Waals surface area contributed by atoms with Gasteiger partial charge in [-0.3, -0.25) is 0 Å². The third kappa shape index (κ3) is 4.50. The summed E-state index contributed by atoms with van der Waals surface area (Å²) in [7, 11) is 0. The Balaban J connectivity index is 3.01. The van der Waals surface area contributed by atoms with E-state index in [4.69, 9.17) is 10.5 Å². The maximum absolute atomic E-state index is 9.33. The van der Waals surface area contributed by atoms with Gasteiger partial charge >= 0.3 is 0 Å². The van der Waals surface area contributed by atoms with Crippen molar-refractivity contribution in [1.82, 2.24) is 0 Å². The van der Waals surface area contributed by atoms with Gasteiger partial charge in [0.2, 0.25) is 0 Å². The third-order valence-corrected chi connectivity index (χ3v) is 3.71. The Labute approximate surface area is 123 Å². The molecule has 3 N–H and O–H groups in total. The molecular weight excluding hydrogens is 250 g/mol. The Kier molecular flexibility index (Phi) is 7.03. The van der Waals surface area contributed by atoms with Crippen LogP contribution >= 0.6 is 0 Å². The second-order valence-electron chi connectivity index (χ2n) is 5.77. The van der Waals surface area contributed by atoms with Crippen molar-refractivity contribution in [3.8, 4) is 5.75 Å². The lowest BCUT2D eigenvalue weighted by atomic mass is 9.88. The fraction of sp³-hybridized carbons (Fsp3) is 0.647. The van der Waals surface area contributed by atoms with Gasteiger partial charge in [0, 0.05) is 6.61 Å². The van der Waals surface area contributed by atoms with E-state index in [0.717, 1.165) is 25.2 Å². The molecule has 0 amide bonds. The molecule has 0 bridgehead atoms. The van der Waals surface area contributed by atoms with E-state index in [1.165, 1.54) is 16.7 Å². The molecule has 0 heterocycles. The number of aryl methyl sites for hydroxylation is 2. The zero-order valence-corrected chi connectivity index (χ0v) is 13.3. The molecule has 3 heteroatoms. The molecule has 0 aliphatic carbocycles. The van der Waals surface area contributed by atoms with Crippen molar-refractivity contribution < 1.29 is 9.84 Å². The number of aliphatic hydroxyl groups is 1. The van der Waals surface area contributed by atoms with Crippen LogP contribution in [0.25, 0.3) is 0 Å². The van der Waals surface area contributed by atoms with Gasteiger partial charge in [0.1, 0.15) is 5.75 Å². The van der Waals surface area contributed by atoms with Crippen molar-refractivity contribution in [3.05, 3.63) is 28.8 Å². The summed E-state index contributed by atoms with van der Waals surface area (Å²) in [4.78, 5) is 0. The van der Waals surface area contributed by atoms with Crippen molar-refractivity contribution >= 4 is 0 Å². The first kappa shape index (κ1) is 17.0. The molecule has 0 aromatic heterocycles. The van der Waals surface area contributed by atoms with Gasteiger partial charge < -0.3 is 15.6 Å². The van der Waals surface area contributed by atoms with E-state index >= 15 is 0 Å². The molecule has 0 fully saturated rings. The van der Waals surface area contributed by atoms with E-state index in [-0.39, 0.29) is 12.5 Å².